The van der Waals surface area contributed by atoms with E-state index in [0.717, 1.165) is 0 Å². The van der Waals surface area contributed by atoms with E-state index in [0.29, 0.717) is 24.3 Å². The van der Waals surface area contributed by atoms with Gasteiger partial charge in [0.15, 0.2) is 9.84 Å². The van der Waals surface area contributed by atoms with Gasteiger partial charge < -0.3 is 16.0 Å². The van der Waals surface area contributed by atoms with Gasteiger partial charge in [0.2, 0.25) is 5.91 Å². The molecule has 1 aliphatic rings. The molecular weight excluding hydrogens is 396 g/mol. The normalized spacial score (nSPS) is 20.2. The highest BCUT2D eigenvalue weighted by Gasteiger charge is 2.39. The third-order valence-electron chi connectivity index (χ3n) is 4.65. The van der Waals surface area contributed by atoms with Gasteiger partial charge in [0.25, 0.3) is 5.91 Å². The molecule has 0 aliphatic carbocycles. The Balaban J connectivity index is 1.59. The number of aryl methyl sites for hydroxylation is 1. The van der Waals surface area contributed by atoms with Crippen LogP contribution in [-0.4, -0.2) is 65.6 Å². The highest BCUT2D eigenvalue weighted by atomic mass is 32.2. The number of anilines is 1. The maximum Gasteiger partial charge on any atom is 0.255 e. The van der Waals surface area contributed by atoms with Crippen LogP contribution in [0.25, 0.3) is 0 Å². The summed E-state index contributed by atoms with van der Waals surface area (Å²) in [6, 6.07) is 3.65. The summed E-state index contributed by atoms with van der Waals surface area (Å²) >= 11 is 0. The predicted octanol–water partition coefficient (Wildman–Crippen LogP) is -0.188. The number of pyridine rings is 1. The molecule has 3 N–H and O–H groups in total. The zero-order valence-corrected chi connectivity index (χ0v) is 16.9. The molecule has 2 aromatic heterocycles. The summed E-state index contributed by atoms with van der Waals surface area (Å²) in [6.07, 6.45) is 5.84. The lowest BCUT2D eigenvalue weighted by atomic mass is 10.1. The molecule has 2 amide bonds. The lowest BCUT2D eigenvalue weighted by Gasteiger charge is -2.21. The molecule has 0 unspecified atom stereocenters. The van der Waals surface area contributed by atoms with Gasteiger partial charge in [-0.1, -0.05) is 0 Å². The molecule has 2 atom stereocenters. The van der Waals surface area contributed by atoms with E-state index in [2.05, 4.69) is 26.0 Å². The number of nitrogens with one attached hydrogen (secondary N) is 3. The standard InChI is InChI=1S/C18H24N6O4S/c1-19-17-13(5-2-7-20-17)18(26)23-15-12-29(27,28)11-14(15)22-16(25)6-3-9-24-10-4-8-21-24/h2,4-5,7-8,10,14-15H,3,6,9,11-12H2,1H3,(H,19,20)(H,22,25)(H,23,26)/t14-,15-/m1/s1. The number of hydrogen-bond acceptors (Lipinski definition) is 7. The van der Waals surface area contributed by atoms with Crippen molar-refractivity contribution < 1.29 is 18.0 Å². The highest BCUT2D eigenvalue weighted by Crippen LogP contribution is 2.16. The van der Waals surface area contributed by atoms with Crippen LogP contribution in [-0.2, 0) is 21.2 Å². The molecule has 0 spiro atoms. The van der Waals surface area contributed by atoms with Gasteiger partial charge in [-0.15, -0.1) is 0 Å². The number of aromatic nitrogens is 3. The average molecular weight is 420 g/mol. The molecule has 11 heteroatoms. The Bertz CT molecular complexity index is 960. The van der Waals surface area contributed by atoms with Crippen molar-refractivity contribution in [2.45, 2.75) is 31.5 Å². The monoisotopic (exact) mass is 420 g/mol. The maximum absolute atomic E-state index is 12.6. The van der Waals surface area contributed by atoms with E-state index < -0.39 is 27.8 Å². The zero-order chi connectivity index (χ0) is 20.9. The van der Waals surface area contributed by atoms with Gasteiger partial charge in [0.1, 0.15) is 5.82 Å². The van der Waals surface area contributed by atoms with Gasteiger partial charge in [-0.3, -0.25) is 14.3 Å². The van der Waals surface area contributed by atoms with E-state index in [9.17, 15) is 18.0 Å². The van der Waals surface area contributed by atoms with Gasteiger partial charge in [-0.2, -0.15) is 5.10 Å². The lowest BCUT2D eigenvalue weighted by molar-refractivity contribution is -0.121. The topological polar surface area (TPSA) is 135 Å². The van der Waals surface area contributed by atoms with Crippen LogP contribution in [0.5, 0.6) is 0 Å². The number of nitrogens with zero attached hydrogens (tertiary/aromatic N) is 3. The summed E-state index contributed by atoms with van der Waals surface area (Å²) in [5.41, 5.74) is 0.309. The van der Waals surface area contributed by atoms with Crippen molar-refractivity contribution in [3.05, 3.63) is 42.4 Å². The number of amides is 2. The third-order valence-corrected chi connectivity index (χ3v) is 6.39. The number of rotatable bonds is 8. The summed E-state index contributed by atoms with van der Waals surface area (Å²) in [4.78, 5) is 29.0. The highest BCUT2D eigenvalue weighted by molar-refractivity contribution is 7.91. The van der Waals surface area contributed by atoms with Crippen LogP contribution in [0.4, 0.5) is 5.82 Å². The molecule has 29 heavy (non-hydrogen) atoms. The van der Waals surface area contributed by atoms with E-state index in [1.165, 1.54) is 0 Å². The molecule has 156 valence electrons. The van der Waals surface area contributed by atoms with Gasteiger partial charge in [-0.25, -0.2) is 13.4 Å². The van der Waals surface area contributed by atoms with Crippen molar-refractivity contribution in [3.63, 3.8) is 0 Å². The Hall–Kier alpha value is -2.95. The second-order valence-electron chi connectivity index (χ2n) is 6.85. The molecule has 10 nitrogen and oxygen atoms in total. The van der Waals surface area contributed by atoms with Gasteiger partial charge in [0, 0.05) is 38.6 Å². The first-order valence-electron chi connectivity index (χ1n) is 9.29. The van der Waals surface area contributed by atoms with E-state index in [4.69, 9.17) is 0 Å². The molecule has 1 fully saturated rings. The van der Waals surface area contributed by atoms with Crippen LogP contribution in [0.2, 0.25) is 0 Å². The molecule has 0 bridgehead atoms. The van der Waals surface area contributed by atoms with Gasteiger partial charge in [0.05, 0.1) is 29.2 Å². The minimum absolute atomic E-state index is 0.200. The second-order valence-corrected chi connectivity index (χ2v) is 9.01. The van der Waals surface area contributed by atoms with E-state index in [1.807, 2.05) is 6.20 Å². The fourth-order valence-electron chi connectivity index (χ4n) is 3.28. The molecule has 0 aromatic carbocycles. The van der Waals surface area contributed by atoms with Crippen LogP contribution < -0.4 is 16.0 Å². The smallest absolute Gasteiger partial charge is 0.255 e. The third kappa shape index (κ3) is 5.53. The van der Waals surface area contributed by atoms with Crippen molar-refractivity contribution in [2.75, 3.05) is 23.9 Å². The summed E-state index contributed by atoms with van der Waals surface area (Å²) in [7, 11) is -1.72. The molecule has 1 saturated heterocycles. The maximum atomic E-state index is 12.6. The molecule has 3 rings (SSSR count). The van der Waals surface area contributed by atoms with E-state index >= 15 is 0 Å². The molecule has 1 aliphatic heterocycles. The molecule has 0 radical (unpaired) electrons. The van der Waals surface area contributed by atoms with Gasteiger partial charge in [-0.05, 0) is 24.6 Å². The summed E-state index contributed by atoms with van der Waals surface area (Å²) in [5.74, 6) is -0.718. The number of carbonyl (C=O) groups is 2. The Labute approximate surface area is 169 Å². The summed E-state index contributed by atoms with van der Waals surface area (Å²) in [5, 5.41) is 12.4. The number of hydrogen-bond donors (Lipinski definition) is 3. The predicted molar refractivity (Wildman–Crippen MR) is 107 cm³/mol. The Morgan fingerprint density at radius 3 is 2.62 bits per heavy atom. The van der Waals surface area contributed by atoms with Crippen LogP contribution >= 0.6 is 0 Å². The molecular formula is C18H24N6O4S. The fourth-order valence-corrected chi connectivity index (χ4v) is 5.14. The fraction of sp³-hybridized carbons (Fsp3) is 0.444. The Morgan fingerprint density at radius 1 is 1.17 bits per heavy atom. The molecule has 0 saturated carbocycles. The largest absolute Gasteiger partial charge is 0.372 e. The summed E-state index contributed by atoms with van der Waals surface area (Å²) in [6.45, 7) is 0.595. The molecule has 2 aromatic rings. The van der Waals surface area contributed by atoms with Crippen LogP contribution in [0.1, 0.15) is 23.2 Å². The van der Waals surface area contributed by atoms with Crippen molar-refractivity contribution in [2.24, 2.45) is 0 Å². The van der Waals surface area contributed by atoms with Crippen molar-refractivity contribution >= 4 is 27.5 Å². The number of sulfone groups is 1. The number of carbonyl (C=O) groups excluding carboxylic acids is 2. The molecule has 3 heterocycles. The first kappa shape index (κ1) is 20.8. The van der Waals surface area contributed by atoms with Crippen LogP contribution in [0, 0.1) is 0 Å². The average Bonchev–Trinajstić information content (AvgIpc) is 3.29. The van der Waals surface area contributed by atoms with Gasteiger partial charge >= 0.3 is 0 Å². The van der Waals surface area contributed by atoms with Crippen LogP contribution in [0.3, 0.4) is 0 Å². The lowest BCUT2D eigenvalue weighted by Crippen LogP contribution is -2.51. The van der Waals surface area contributed by atoms with E-state index in [1.54, 1.807) is 42.3 Å². The first-order valence-corrected chi connectivity index (χ1v) is 11.1. The van der Waals surface area contributed by atoms with Crippen molar-refractivity contribution in [1.29, 1.82) is 0 Å². The Morgan fingerprint density at radius 2 is 1.93 bits per heavy atom. The minimum Gasteiger partial charge on any atom is -0.372 e. The Kier molecular flexibility index (Phi) is 6.47. The second kappa shape index (κ2) is 9.03. The zero-order valence-electron chi connectivity index (χ0n) is 16.0. The quantitative estimate of drug-likeness (QED) is 0.539. The van der Waals surface area contributed by atoms with Crippen LogP contribution in [0.15, 0.2) is 36.8 Å². The van der Waals surface area contributed by atoms with Crippen molar-refractivity contribution in [1.82, 2.24) is 25.4 Å². The SMILES string of the molecule is CNc1ncccc1C(=O)N[C@@H]1CS(=O)(=O)C[C@H]1NC(=O)CCCn1cccn1. The minimum atomic E-state index is -3.36. The first-order chi connectivity index (χ1) is 13.9. The van der Waals surface area contributed by atoms with E-state index in [-0.39, 0.29) is 23.8 Å². The van der Waals surface area contributed by atoms with Crippen molar-refractivity contribution in [3.8, 4) is 0 Å². The summed E-state index contributed by atoms with van der Waals surface area (Å²) < 4.78 is 25.9.